The van der Waals surface area contributed by atoms with Gasteiger partial charge < -0.3 is 10.6 Å². The van der Waals surface area contributed by atoms with Gasteiger partial charge in [0.05, 0.1) is 11.0 Å². The number of nitrogens with one attached hydrogen (secondary N) is 2. The van der Waals surface area contributed by atoms with Gasteiger partial charge in [0.25, 0.3) is 0 Å². The largest absolute Gasteiger partial charge is 0.358 e. The second kappa shape index (κ2) is 5.91. The molecule has 8 heteroatoms. The Labute approximate surface area is 115 Å². The standard InChI is InChI=1S/C12H14N6O2/c1-8(9-3-5-14-6-4-9)16-11-10(18(19)20)7-15-12(13-2)17-11/h3-8H,1-2H3,(H2,13,15,16,17). The molecule has 0 aliphatic heterocycles. The second-order valence-corrected chi connectivity index (χ2v) is 4.08. The van der Waals surface area contributed by atoms with Crippen LogP contribution in [-0.4, -0.2) is 26.9 Å². The van der Waals surface area contributed by atoms with Crippen LogP contribution in [0, 0.1) is 10.1 Å². The van der Waals surface area contributed by atoms with E-state index in [2.05, 4.69) is 25.6 Å². The summed E-state index contributed by atoms with van der Waals surface area (Å²) in [5.41, 5.74) is 0.795. The molecule has 0 spiro atoms. The van der Waals surface area contributed by atoms with Crippen molar-refractivity contribution in [2.75, 3.05) is 17.7 Å². The van der Waals surface area contributed by atoms with Gasteiger partial charge in [-0.05, 0) is 24.6 Å². The highest BCUT2D eigenvalue weighted by Gasteiger charge is 2.19. The maximum absolute atomic E-state index is 11.0. The Hall–Kier alpha value is -2.77. The zero-order valence-corrected chi connectivity index (χ0v) is 11.1. The van der Waals surface area contributed by atoms with Gasteiger partial charge in [0.2, 0.25) is 11.8 Å². The van der Waals surface area contributed by atoms with Gasteiger partial charge in [-0.15, -0.1) is 0 Å². The van der Waals surface area contributed by atoms with Crippen LogP contribution in [0.5, 0.6) is 0 Å². The van der Waals surface area contributed by atoms with Crippen molar-refractivity contribution in [3.05, 3.63) is 46.4 Å². The highest BCUT2D eigenvalue weighted by atomic mass is 16.6. The fourth-order valence-corrected chi connectivity index (χ4v) is 1.68. The number of anilines is 2. The number of hydrogen-bond donors (Lipinski definition) is 2. The maximum Gasteiger partial charge on any atom is 0.329 e. The van der Waals surface area contributed by atoms with E-state index in [-0.39, 0.29) is 17.5 Å². The highest BCUT2D eigenvalue weighted by Crippen LogP contribution is 2.26. The average molecular weight is 274 g/mol. The third-order valence-electron chi connectivity index (χ3n) is 2.75. The molecular formula is C12H14N6O2. The van der Waals surface area contributed by atoms with Crippen molar-refractivity contribution in [3.8, 4) is 0 Å². The van der Waals surface area contributed by atoms with Crippen molar-refractivity contribution < 1.29 is 4.92 Å². The Bertz CT molecular complexity index is 604. The zero-order valence-electron chi connectivity index (χ0n) is 11.1. The molecule has 2 rings (SSSR count). The van der Waals surface area contributed by atoms with Crippen LogP contribution in [0.25, 0.3) is 0 Å². The second-order valence-electron chi connectivity index (χ2n) is 4.08. The molecule has 0 bridgehead atoms. The van der Waals surface area contributed by atoms with Crippen LogP contribution in [0.3, 0.4) is 0 Å². The molecule has 1 unspecified atom stereocenters. The van der Waals surface area contributed by atoms with E-state index in [9.17, 15) is 10.1 Å². The van der Waals surface area contributed by atoms with Gasteiger partial charge in [0.1, 0.15) is 6.20 Å². The third-order valence-corrected chi connectivity index (χ3v) is 2.75. The van der Waals surface area contributed by atoms with E-state index in [0.717, 1.165) is 5.56 Å². The molecule has 1 atom stereocenters. The van der Waals surface area contributed by atoms with E-state index >= 15 is 0 Å². The molecule has 2 aromatic rings. The SMILES string of the molecule is CNc1ncc([N+](=O)[O-])c(NC(C)c2ccncc2)n1. The first-order valence-electron chi connectivity index (χ1n) is 5.97. The Kier molecular flexibility index (Phi) is 4.04. The Morgan fingerprint density at radius 3 is 2.65 bits per heavy atom. The number of pyridine rings is 1. The van der Waals surface area contributed by atoms with Gasteiger partial charge in [0, 0.05) is 19.4 Å². The molecule has 104 valence electrons. The first kappa shape index (κ1) is 13.7. The van der Waals surface area contributed by atoms with Crippen LogP contribution in [0.1, 0.15) is 18.5 Å². The lowest BCUT2D eigenvalue weighted by atomic mass is 10.1. The lowest BCUT2D eigenvalue weighted by molar-refractivity contribution is -0.384. The summed E-state index contributed by atoms with van der Waals surface area (Å²) in [5, 5.41) is 16.8. The van der Waals surface area contributed by atoms with Gasteiger partial charge in [-0.1, -0.05) is 0 Å². The Balaban J connectivity index is 2.29. The molecule has 0 fully saturated rings. The molecular weight excluding hydrogens is 260 g/mol. The van der Waals surface area contributed by atoms with E-state index < -0.39 is 4.92 Å². The predicted molar refractivity (Wildman–Crippen MR) is 74.5 cm³/mol. The number of rotatable bonds is 5. The van der Waals surface area contributed by atoms with Crippen LogP contribution >= 0.6 is 0 Å². The molecule has 0 amide bonds. The van der Waals surface area contributed by atoms with Gasteiger partial charge >= 0.3 is 5.69 Å². The maximum atomic E-state index is 11.0. The predicted octanol–water partition coefficient (Wildman–Crippen LogP) is 1.99. The Morgan fingerprint density at radius 2 is 2.05 bits per heavy atom. The summed E-state index contributed by atoms with van der Waals surface area (Å²) in [7, 11) is 1.65. The normalized spacial score (nSPS) is 11.7. The zero-order chi connectivity index (χ0) is 14.5. The van der Waals surface area contributed by atoms with Crippen LogP contribution in [-0.2, 0) is 0 Å². The molecule has 0 aliphatic rings. The smallest absolute Gasteiger partial charge is 0.329 e. The van der Waals surface area contributed by atoms with Crippen molar-refractivity contribution >= 4 is 17.5 Å². The van der Waals surface area contributed by atoms with Crippen LogP contribution in [0.4, 0.5) is 17.5 Å². The van der Waals surface area contributed by atoms with Gasteiger partial charge in [-0.2, -0.15) is 4.98 Å². The summed E-state index contributed by atoms with van der Waals surface area (Å²) in [5.74, 6) is 0.499. The van der Waals surface area contributed by atoms with Gasteiger partial charge in [-0.25, -0.2) is 4.98 Å². The van der Waals surface area contributed by atoms with Crippen molar-refractivity contribution in [2.45, 2.75) is 13.0 Å². The molecule has 20 heavy (non-hydrogen) atoms. The monoisotopic (exact) mass is 274 g/mol. The number of nitro groups is 1. The average Bonchev–Trinajstić information content (AvgIpc) is 2.47. The molecule has 0 aromatic carbocycles. The summed E-state index contributed by atoms with van der Waals surface area (Å²) >= 11 is 0. The lowest BCUT2D eigenvalue weighted by Crippen LogP contribution is -2.11. The van der Waals surface area contributed by atoms with Crippen molar-refractivity contribution in [3.63, 3.8) is 0 Å². The van der Waals surface area contributed by atoms with Crippen molar-refractivity contribution in [1.82, 2.24) is 15.0 Å². The quantitative estimate of drug-likeness (QED) is 0.634. The molecule has 0 saturated heterocycles. The van der Waals surface area contributed by atoms with Crippen LogP contribution in [0.2, 0.25) is 0 Å². The molecule has 2 heterocycles. The van der Waals surface area contributed by atoms with Crippen molar-refractivity contribution in [2.24, 2.45) is 0 Å². The summed E-state index contributed by atoms with van der Waals surface area (Å²) in [6, 6.07) is 3.53. The molecule has 2 aromatic heterocycles. The van der Waals surface area contributed by atoms with Gasteiger partial charge in [0.15, 0.2) is 0 Å². The van der Waals surface area contributed by atoms with Gasteiger partial charge in [-0.3, -0.25) is 15.1 Å². The minimum absolute atomic E-state index is 0.142. The minimum Gasteiger partial charge on any atom is -0.358 e. The van der Waals surface area contributed by atoms with Crippen molar-refractivity contribution in [1.29, 1.82) is 0 Å². The third kappa shape index (κ3) is 2.97. The summed E-state index contributed by atoms with van der Waals surface area (Å²) in [4.78, 5) is 22.4. The first-order valence-corrected chi connectivity index (χ1v) is 5.97. The van der Waals surface area contributed by atoms with Crippen LogP contribution in [0.15, 0.2) is 30.7 Å². The number of hydrogen-bond acceptors (Lipinski definition) is 7. The fourth-order valence-electron chi connectivity index (χ4n) is 1.68. The minimum atomic E-state index is -0.513. The van der Waals surface area contributed by atoms with E-state index in [1.807, 2.05) is 19.1 Å². The highest BCUT2D eigenvalue weighted by molar-refractivity contribution is 5.57. The fraction of sp³-hybridized carbons (Fsp3) is 0.250. The van der Waals surface area contributed by atoms with E-state index in [1.54, 1.807) is 19.4 Å². The summed E-state index contributed by atoms with van der Waals surface area (Å²) in [6.07, 6.45) is 4.52. The van der Waals surface area contributed by atoms with Crippen LogP contribution < -0.4 is 10.6 Å². The molecule has 0 aliphatic carbocycles. The topological polar surface area (TPSA) is 106 Å². The van der Waals surface area contributed by atoms with E-state index in [1.165, 1.54) is 6.20 Å². The summed E-state index contributed by atoms with van der Waals surface area (Å²) < 4.78 is 0. The van der Waals surface area contributed by atoms with E-state index in [4.69, 9.17) is 0 Å². The lowest BCUT2D eigenvalue weighted by Gasteiger charge is -2.14. The number of aromatic nitrogens is 3. The van der Waals surface area contributed by atoms with E-state index in [0.29, 0.717) is 5.95 Å². The molecule has 0 radical (unpaired) electrons. The molecule has 8 nitrogen and oxygen atoms in total. The molecule has 0 saturated carbocycles. The summed E-state index contributed by atoms with van der Waals surface area (Å²) in [6.45, 7) is 1.89. The Morgan fingerprint density at radius 1 is 1.35 bits per heavy atom. The number of nitrogens with zero attached hydrogens (tertiary/aromatic N) is 4. The first-order chi connectivity index (χ1) is 9.61. The molecule has 2 N–H and O–H groups in total.